The molecule has 0 unspecified atom stereocenters. The first-order valence-electron chi connectivity index (χ1n) is 18.5. The summed E-state index contributed by atoms with van der Waals surface area (Å²) in [6.45, 7) is 9.54. The van der Waals surface area contributed by atoms with E-state index in [4.69, 9.17) is 0 Å². The van der Waals surface area contributed by atoms with Crippen LogP contribution in [0.2, 0.25) is 0 Å². The van der Waals surface area contributed by atoms with Gasteiger partial charge in [-0.1, -0.05) is 36.4 Å². The first-order valence-corrected chi connectivity index (χ1v) is 21.9. The molecule has 0 aliphatic carbocycles. The van der Waals surface area contributed by atoms with Crippen molar-refractivity contribution in [1.82, 2.24) is 0 Å². The molecule has 30 heteroatoms. The second kappa shape index (κ2) is 46.2. The van der Waals surface area contributed by atoms with Crippen LogP contribution in [0.15, 0.2) is 184 Å². The summed E-state index contributed by atoms with van der Waals surface area (Å²) in [7, 11) is -18.4. The Labute approximate surface area is 390 Å². The minimum atomic E-state index is -8.55. The first-order chi connectivity index (χ1) is 29.9. The van der Waals surface area contributed by atoms with Gasteiger partial charge in [-0.15, -0.1) is 0 Å². The third-order valence-electron chi connectivity index (χ3n) is 6.02. The molecule has 0 N–H and O–H groups in total. The average molecular weight is 1070 g/mol. The van der Waals surface area contributed by atoms with Crippen molar-refractivity contribution < 1.29 is 114 Å². The molecule has 0 saturated heterocycles. The molecule has 0 atom stereocenters. The molecule has 0 fully saturated rings. The van der Waals surface area contributed by atoms with Crippen molar-refractivity contribution >= 4 is 31.4 Å². The number of rotatable bonds is 3. The number of hydrogen-bond donors (Lipinski definition) is 0. The topological polar surface area (TPSA) is 23.3 Å². The van der Waals surface area contributed by atoms with E-state index >= 15 is 0 Å². The Balaban J connectivity index is -0.0000001000. The van der Waals surface area contributed by atoms with Crippen LogP contribution in [0.4, 0.5) is 67.9 Å². The van der Waals surface area contributed by atoms with Crippen molar-refractivity contribution in [2.75, 3.05) is 0 Å². The summed E-state index contributed by atoms with van der Waals surface area (Å²) < 4.78 is 169. The van der Waals surface area contributed by atoms with Gasteiger partial charge in [0.15, 0.2) is 74.4 Å². The maximum absolute atomic E-state index is 9.84. The van der Waals surface area contributed by atoms with Crippen LogP contribution in [-0.2, 0) is 40.8 Å². The van der Waals surface area contributed by atoms with E-state index in [9.17, 15) is 67.9 Å². The number of pyridine rings is 6. The van der Waals surface area contributed by atoms with Crippen molar-refractivity contribution in [1.29, 1.82) is 0 Å². The van der Waals surface area contributed by atoms with Crippen molar-refractivity contribution in [3.63, 3.8) is 0 Å². The van der Waals surface area contributed by atoms with Gasteiger partial charge in [-0.05, 0) is 20.8 Å². The van der Waals surface area contributed by atoms with Crippen molar-refractivity contribution in [3.8, 4) is 0 Å². The molecule has 0 aliphatic rings. The summed E-state index contributed by atoms with van der Waals surface area (Å²) in [4.78, 5) is 0. The van der Waals surface area contributed by atoms with Crippen LogP contribution in [-0.4, -0.2) is 15.1 Å². The maximum atomic E-state index is 9.84. The zero-order valence-corrected chi connectivity index (χ0v) is 39.5. The van der Waals surface area contributed by atoms with Gasteiger partial charge in [-0.25, -0.2) is 27.4 Å². The molecule has 0 amide bonds. The Hall–Kier alpha value is -5.51. The zero-order chi connectivity index (χ0) is 50.8. The van der Waals surface area contributed by atoms with Gasteiger partial charge in [0.05, 0.1) is 0 Å². The molecule has 0 spiro atoms. The van der Waals surface area contributed by atoms with E-state index in [1.165, 1.54) is 0 Å². The summed E-state index contributed by atoms with van der Waals surface area (Å²) >= 11 is 0. The Morgan fingerprint density at radius 3 is 0.435 bits per heavy atom. The SMILES string of the molecule is CC[n+]1ccccc1.CC[n+]1ccccc1.CC[n+]1ccccc1.C[n+]1ccccc1.C[n+]1ccccc1.C[n+]1ccccc1.FB(F)F.FB(F)F.FP(F)(F)(F)F.FP(F)(F)(F)F.[F-].[F-].[F-].[F-]. The summed E-state index contributed by atoms with van der Waals surface area (Å²) in [6.07, 6.45) is 24.3. The second-order valence-electron chi connectivity index (χ2n) is 11.5. The molecular formula is C39H54B2F20N6P2+2. The quantitative estimate of drug-likeness (QED) is 0.105. The largest absolute Gasteiger partial charge is 1.00 e. The minimum absolute atomic E-state index is 0. The molecule has 0 aliphatic heterocycles. The van der Waals surface area contributed by atoms with E-state index in [0.717, 1.165) is 19.6 Å². The second-order valence-corrected chi connectivity index (χ2v) is 14.1. The standard InChI is InChI=1S/3C7H10N.3C6H8N.2BF3.2F5P.4FH/c3*1-2-8-6-4-3-5-7-8;3*1-7-5-3-2-4-6-7;2*2-1(3)4;2*1-6(2,3,4)5;;;;/h3*3-7H,2H2,1H3;3*2-6H,1H3;;;;;4*1H/q6*+1;;;;;;;;/p-4. The van der Waals surface area contributed by atoms with Gasteiger partial charge < -0.3 is 18.8 Å². The third-order valence-corrected chi connectivity index (χ3v) is 6.02. The van der Waals surface area contributed by atoms with E-state index in [1.807, 2.05) is 181 Å². The molecule has 0 aromatic carbocycles. The molecule has 0 bridgehead atoms. The van der Waals surface area contributed by atoms with Crippen LogP contribution in [0, 0.1) is 0 Å². The Kier molecular flexibility index (Phi) is 53.9. The molecule has 6 aromatic heterocycles. The fraction of sp³-hybridized carbons (Fsp3) is 0.231. The van der Waals surface area contributed by atoms with Gasteiger partial charge in [-0.2, -0.15) is 0 Å². The number of aromatic nitrogens is 6. The van der Waals surface area contributed by atoms with E-state index in [1.54, 1.807) is 0 Å². The van der Waals surface area contributed by atoms with E-state index in [-0.39, 0.29) is 18.8 Å². The number of aryl methyl sites for hydroxylation is 6. The fourth-order valence-corrected chi connectivity index (χ4v) is 3.39. The van der Waals surface area contributed by atoms with Gasteiger partial charge in [-0.3, -0.25) is 25.9 Å². The van der Waals surface area contributed by atoms with Crippen molar-refractivity contribution in [3.05, 3.63) is 184 Å². The molecule has 6 rings (SSSR count). The van der Waals surface area contributed by atoms with Crippen molar-refractivity contribution in [2.45, 2.75) is 40.4 Å². The van der Waals surface area contributed by atoms with Crippen LogP contribution >= 0.6 is 16.3 Å². The van der Waals surface area contributed by atoms with Crippen LogP contribution in [0.5, 0.6) is 0 Å². The van der Waals surface area contributed by atoms with E-state index in [0.29, 0.717) is 0 Å². The molecule has 69 heavy (non-hydrogen) atoms. The molecule has 6 aromatic rings. The molecular weight excluding hydrogens is 1020 g/mol. The molecule has 394 valence electrons. The molecule has 6 nitrogen and oxygen atoms in total. The summed E-state index contributed by atoms with van der Waals surface area (Å²) in [5.41, 5.74) is 0. The maximum Gasteiger partial charge on any atom is -1.00 e. The van der Waals surface area contributed by atoms with Gasteiger partial charge in [0.2, 0.25) is 0 Å². The van der Waals surface area contributed by atoms with Gasteiger partial charge >= 0.3 is 73.4 Å². The Bertz CT molecular complexity index is 1670. The smallest absolute Gasteiger partial charge is 1.00 e. The van der Waals surface area contributed by atoms with Gasteiger partial charge in [0, 0.05) is 72.8 Å². The monoisotopic (exact) mass is 1070 g/mol. The third kappa shape index (κ3) is 97.2. The van der Waals surface area contributed by atoms with Crippen LogP contribution in [0.3, 0.4) is 0 Å². The normalized spacial score (nSPS) is 9.94. The van der Waals surface area contributed by atoms with E-state index in [2.05, 4.69) is 71.7 Å². The minimum Gasteiger partial charge on any atom is -1.00 e. The Morgan fingerprint density at radius 2 is 0.377 bits per heavy atom. The summed E-state index contributed by atoms with van der Waals surface area (Å²) in [6, 6.07) is 36.2. The predicted octanol–water partition coefficient (Wildman–Crippen LogP) is 0.215. The average Bonchev–Trinajstić information content (AvgIpc) is 3.22. The Morgan fingerprint density at radius 1 is 0.275 bits per heavy atom. The number of halogens is 20. The molecule has 0 radical (unpaired) electrons. The van der Waals surface area contributed by atoms with Crippen LogP contribution < -0.4 is 46.2 Å². The van der Waals surface area contributed by atoms with Crippen molar-refractivity contribution in [2.24, 2.45) is 21.1 Å². The number of nitrogens with zero attached hydrogens (tertiary/aromatic N) is 6. The molecule has 6 heterocycles. The molecule has 0 saturated carbocycles. The fourth-order valence-electron chi connectivity index (χ4n) is 3.39. The summed E-state index contributed by atoms with van der Waals surface area (Å²) in [5, 5.41) is 0. The zero-order valence-electron chi connectivity index (χ0n) is 37.7. The van der Waals surface area contributed by atoms with Gasteiger partial charge in [0.25, 0.3) is 0 Å². The number of hydrogen-bond acceptors (Lipinski definition) is 0. The van der Waals surface area contributed by atoms with Crippen LogP contribution in [0.1, 0.15) is 20.8 Å². The van der Waals surface area contributed by atoms with Gasteiger partial charge in [0.1, 0.15) is 40.8 Å². The van der Waals surface area contributed by atoms with Crippen LogP contribution in [0.25, 0.3) is 0 Å². The predicted molar refractivity (Wildman–Crippen MR) is 223 cm³/mol. The summed E-state index contributed by atoms with van der Waals surface area (Å²) in [5.74, 6) is 0. The first kappa shape index (κ1) is 80.5. The van der Waals surface area contributed by atoms with E-state index < -0.39 is 31.4 Å².